The van der Waals surface area contributed by atoms with Gasteiger partial charge in [0.25, 0.3) is 0 Å². The molecule has 0 bridgehead atoms. The van der Waals surface area contributed by atoms with Crippen molar-refractivity contribution in [2.24, 2.45) is 11.7 Å². The summed E-state index contributed by atoms with van der Waals surface area (Å²) in [5.41, 5.74) is 5.63. The number of piperidine rings is 1. The molecule has 90 valence electrons. The average Bonchev–Trinajstić information content (AvgIpc) is 2.57. The number of hydrogen-bond acceptors (Lipinski definition) is 4. The molecule has 0 spiro atoms. The zero-order valence-electron chi connectivity index (χ0n) is 9.69. The maximum Gasteiger partial charge on any atom is 0.246 e. The van der Waals surface area contributed by atoms with Gasteiger partial charge in [0.2, 0.25) is 11.8 Å². The zero-order chi connectivity index (χ0) is 11.7. The molecule has 16 heavy (non-hydrogen) atoms. The highest BCUT2D eigenvalue weighted by Crippen LogP contribution is 2.23. The van der Waals surface area contributed by atoms with Gasteiger partial charge >= 0.3 is 0 Å². The molecule has 0 aliphatic carbocycles. The van der Waals surface area contributed by atoms with Gasteiger partial charge in [-0.25, -0.2) is 0 Å². The van der Waals surface area contributed by atoms with Crippen LogP contribution in [0.4, 0.5) is 0 Å². The Kier molecular flexibility index (Phi) is 3.25. The van der Waals surface area contributed by atoms with Crippen LogP contribution in [0, 0.1) is 5.92 Å². The Morgan fingerprint density at radius 1 is 1.31 bits per heavy atom. The van der Waals surface area contributed by atoms with E-state index in [2.05, 4.69) is 4.90 Å². The predicted molar refractivity (Wildman–Crippen MR) is 59.5 cm³/mol. The molecule has 0 aromatic heterocycles. The summed E-state index contributed by atoms with van der Waals surface area (Å²) < 4.78 is 0. The Bertz CT molecular complexity index is 298. The second-order valence-corrected chi connectivity index (χ2v) is 4.73. The number of rotatable bonds is 2. The van der Waals surface area contributed by atoms with Gasteiger partial charge in [-0.3, -0.25) is 19.4 Å². The first kappa shape index (κ1) is 11.5. The molecule has 1 atom stereocenters. The second-order valence-electron chi connectivity index (χ2n) is 4.73. The Balaban J connectivity index is 1.95. The summed E-state index contributed by atoms with van der Waals surface area (Å²) in [7, 11) is 1.57. The van der Waals surface area contributed by atoms with Crippen molar-refractivity contribution < 1.29 is 9.59 Å². The minimum Gasteiger partial charge on any atom is -0.330 e. The number of likely N-dealkylation sites (tertiary alicyclic amines) is 2. The largest absolute Gasteiger partial charge is 0.330 e. The van der Waals surface area contributed by atoms with Crippen molar-refractivity contribution >= 4 is 11.8 Å². The number of imide groups is 1. The molecule has 2 aliphatic rings. The maximum absolute atomic E-state index is 11.8. The van der Waals surface area contributed by atoms with E-state index in [1.807, 2.05) is 0 Å². The van der Waals surface area contributed by atoms with Gasteiger partial charge in [0.15, 0.2) is 0 Å². The van der Waals surface area contributed by atoms with Crippen molar-refractivity contribution in [3.8, 4) is 0 Å². The molecule has 2 rings (SSSR count). The van der Waals surface area contributed by atoms with E-state index >= 15 is 0 Å². The van der Waals surface area contributed by atoms with Gasteiger partial charge in [-0.05, 0) is 38.4 Å². The molecule has 1 unspecified atom stereocenters. The summed E-state index contributed by atoms with van der Waals surface area (Å²) in [6.45, 7) is 2.50. The van der Waals surface area contributed by atoms with Gasteiger partial charge in [-0.1, -0.05) is 0 Å². The van der Waals surface area contributed by atoms with Crippen molar-refractivity contribution in [2.75, 3.05) is 26.7 Å². The van der Waals surface area contributed by atoms with Crippen LogP contribution in [0.25, 0.3) is 0 Å². The molecule has 2 fully saturated rings. The quantitative estimate of drug-likeness (QED) is 0.638. The fourth-order valence-electron chi connectivity index (χ4n) is 2.52. The van der Waals surface area contributed by atoms with Crippen LogP contribution in [-0.4, -0.2) is 54.3 Å². The lowest BCUT2D eigenvalue weighted by molar-refractivity contribution is -0.138. The number of amides is 2. The van der Waals surface area contributed by atoms with E-state index in [1.54, 1.807) is 7.05 Å². The molecular formula is C11H19N3O2. The van der Waals surface area contributed by atoms with E-state index < -0.39 is 0 Å². The molecule has 2 amide bonds. The number of likely N-dealkylation sites (N-methyl/N-ethyl adjacent to an activating group) is 1. The maximum atomic E-state index is 11.8. The third-order valence-corrected chi connectivity index (χ3v) is 3.78. The summed E-state index contributed by atoms with van der Waals surface area (Å²) >= 11 is 0. The summed E-state index contributed by atoms with van der Waals surface area (Å²) in [6.07, 6.45) is 2.43. The van der Waals surface area contributed by atoms with Crippen molar-refractivity contribution in [1.29, 1.82) is 0 Å². The number of hydrogen-bond donors (Lipinski definition) is 1. The van der Waals surface area contributed by atoms with E-state index in [0.717, 1.165) is 32.5 Å². The Morgan fingerprint density at radius 2 is 1.94 bits per heavy atom. The lowest BCUT2D eigenvalue weighted by Crippen LogP contribution is -2.46. The second kappa shape index (κ2) is 4.51. The highest BCUT2D eigenvalue weighted by molar-refractivity contribution is 6.05. The van der Waals surface area contributed by atoms with E-state index in [-0.39, 0.29) is 17.9 Å². The van der Waals surface area contributed by atoms with Crippen LogP contribution in [0.5, 0.6) is 0 Å². The van der Waals surface area contributed by atoms with Crippen LogP contribution in [0.3, 0.4) is 0 Å². The normalized spacial score (nSPS) is 29.1. The van der Waals surface area contributed by atoms with Crippen LogP contribution in [-0.2, 0) is 9.59 Å². The van der Waals surface area contributed by atoms with Crippen LogP contribution in [0.2, 0.25) is 0 Å². The Labute approximate surface area is 95.6 Å². The van der Waals surface area contributed by atoms with Gasteiger partial charge < -0.3 is 5.73 Å². The topological polar surface area (TPSA) is 66.6 Å². The molecule has 2 saturated heterocycles. The van der Waals surface area contributed by atoms with Gasteiger partial charge in [-0.15, -0.1) is 0 Å². The smallest absolute Gasteiger partial charge is 0.246 e. The first-order chi connectivity index (χ1) is 7.63. The molecular weight excluding hydrogens is 206 g/mol. The highest BCUT2D eigenvalue weighted by atomic mass is 16.2. The van der Waals surface area contributed by atoms with Crippen LogP contribution in [0.1, 0.15) is 19.3 Å². The molecule has 5 heteroatoms. The van der Waals surface area contributed by atoms with Gasteiger partial charge in [0, 0.05) is 7.05 Å². The van der Waals surface area contributed by atoms with Crippen molar-refractivity contribution in [1.82, 2.24) is 9.80 Å². The van der Waals surface area contributed by atoms with Crippen LogP contribution < -0.4 is 5.73 Å². The molecule has 2 N–H and O–H groups in total. The number of carbonyl (C=O) groups excluding carboxylic acids is 2. The van der Waals surface area contributed by atoms with Crippen LogP contribution in [0.15, 0.2) is 0 Å². The molecule has 0 radical (unpaired) electrons. The molecule has 0 aromatic carbocycles. The lowest BCUT2D eigenvalue weighted by atomic mass is 9.96. The Morgan fingerprint density at radius 3 is 2.38 bits per heavy atom. The molecule has 5 nitrogen and oxygen atoms in total. The standard InChI is InChI=1S/C11H19N3O2/c1-13-10(15)6-9(11(13)16)14-4-2-8(7-12)3-5-14/h8-9H,2-7,12H2,1H3. The lowest BCUT2D eigenvalue weighted by Gasteiger charge is -2.34. The molecule has 0 saturated carbocycles. The SMILES string of the molecule is CN1C(=O)CC(N2CCC(CN)CC2)C1=O. The van der Waals surface area contributed by atoms with Gasteiger partial charge in [0.05, 0.1) is 12.5 Å². The van der Waals surface area contributed by atoms with Gasteiger partial charge in [-0.2, -0.15) is 0 Å². The summed E-state index contributed by atoms with van der Waals surface area (Å²) in [5, 5.41) is 0. The molecule has 2 aliphatic heterocycles. The van der Waals surface area contributed by atoms with E-state index in [4.69, 9.17) is 5.73 Å². The van der Waals surface area contributed by atoms with Gasteiger partial charge in [0.1, 0.15) is 0 Å². The van der Waals surface area contributed by atoms with E-state index in [1.165, 1.54) is 4.90 Å². The minimum atomic E-state index is -0.212. The zero-order valence-corrected chi connectivity index (χ0v) is 9.69. The number of nitrogens with two attached hydrogens (primary N) is 1. The van der Waals surface area contributed by atoms with E-state index in [9.17, 15) is 9.59 Å². The van der Waals surface area contributed by atoms with Crippen molar-refractivity contribution in [3.05, 3.63) is 0 Å². The predicted octanol–water partition coefficient (Wildman–Crippen LogP) is -0.586. The first-order valence-electron chi connectivity index (χ1n) is 5.88. The number of carbonyl (C=O) groups is 2. The summed E-state index contributed by atoms with van der Waals surface area (Å²) in [4.78, 5) is 26.6. The Hall–Kier alpha value is -0.940. The fraction of sp³-hybridized carbons (Fsp3) is 0.818. The molecule has 2 heterocycles. The average molecular weight is 225 g/mol. The highest BCUT2D eigenvalue weighted by Gasteiger charge is 2.40. The fourth-order valence-corrected chi connectivity index (χ4v) is 2.52. The van der Waals surface area contributed by atoms with E-state index in [0.29, 0.717) is 12.3 Å². The van der Waals surface area contributed by atoms with Crippen molar-refractivity contribution in [2.45, 2.75) is 25.3 Å². The van der Waals surface area contributed by atoms with Crippen LogP contribution >= 0.6 is 0 Å². The molecule has 0 aromatic rings. The van der Waals surface area contributed by atoms with Crippen molar-refractivity contribution in [3.63, 3.8) is 0 Å². The summed E-state index contributed by atoms with van der Waals surface area (Å²) in [5.74, 6) is 0.480. The first-order valence-corrected chi connectivity index (χ1v) is 5.88. The third kappa shape index (κ3) is 1.97. The summed E-state index contributed by atoms with van der Waals surface area (Å²) in [6, 6.07) is -0.212. The number of nitrogens with zero attached hydrogens (tertiary/aromatic N) is 2. The minimum absolute atomic E-state index is 0.0452. The monoisotopic (exact) mass is 225 g/mol. The third-order valence-electron chi connectivity index (χ3n) is 3.78.